The molecule has 4 aromatic rings. The van der Waals surface area contributed by atoms with Gasteiger partial charge in [0.05, 0.1) is 22.2 Å². The minimum Gasteiger partial charge on any atom is -0.378 e. The molecule has 0 saturated carbocycles. The predicted octanol–water partition coefficient (Wildman–Crippen LogP) is 4.85. The highest BCUT2D eigenvalue weighted by Gasteiger charge is 2.13. The topological polar surface area (TPSA) is 40.7 Å². The Morgan fingerprint density at radius 3 is 2.67 bits per heavy atom. The third-order valence-corrected chi connectivity index (χ3v) is 3.78. The molecule has 0 unspecified atom stereocenters. The number of H-pyrrole nitrogens is 1. The van der Waals surface area contributed by atoms with Gasteiger partial charge in [0.2, 0.25) is 0 Å². The summed E-state index contributed by atoms with van der Waals surface area (Å²) in [5.74, 6) is 0. The van der Waals surface area contributed by atoms with Gasteiger partial charge in [0.25, 0.3) is 0 Å². The molecule has 2 aromatic carbocycles. The molecular weight excluding hydrogens is 258 g/mol. The molecule has 4 rings (SSSR count). The van der Waals surface area contributed by atoms with Crippen molar-refractivity contribution in [2.24, 2.45) is 0 Å². The Balaban J connectivity index is 2.15. The third-order valence-electron chi connectivity index (χ3n) is 3.78. The minimum atomic E-state index is 0.971. The van der Waals surface area contributed by atoms with E-state index in [2.05, 4.69) is 60.2 Å². The maximum Gasteiger partial charge on any atom is 0.0986 e. The van der Waals surface area contributed by atoms with E-state index in [0.717, 1.165) is 44.9 Å². The maximum atomic E-state index is 4.85. The van der Waals surface area contributed by atoms with Crippen molar-refractivity contribution in [3.05, 3.63) is 55.1 Å². The standard InChI is InChI=1S/C18H16N3/c1-2-11-19-16-12-7-3-5-9-14(12)20-17-13-8-4-6-10-15(13)21-18(16)17/h3-11,21H,2H2,1H3,(H,19,20). The predicted molar refractivity (Wildman–Crippen MR) is 89.3 cm³/mol. The van der Waals surface area contributed by atoms with Crippen LogP contribution in [0.1, 0.15) is 13.3 Å². The van der Waals surface area contributed by atoms with Gasteiger partial charge in [0.1, 0.15) is 0 Å². The van der Waals surface area contributed by atoms with Crippen molar-refractivity contribution in [2.45, 2.75) is 13.3 Å². The number of nitrogens with one attached hydrogen (secondary N) is 2. The van der Waals surface area contributed by atoms with Crippen LogP contribution in [0.15, 0.2) is 48.5 Å². The number of hydrogen-bond acceptors (Lipinski definition) is 2. The quantitative estimate of drug-likeness (QED) is 0.560. The second kappa shape index (κ2) is 4.77. The van der Waals surface area contributed by atoms with Crippen LogP contribution in [-0.2, 0) is 0 Å². The Morgan fingerprint density at radius 1 is 1.05 bits per heavy atom. The van der Waals surface area contributed by atoms with E-state index >= 15 is 0 Å². The molecule has 2 aromatic heterocycles. The molecule has 21 heavy (non-hydrogen) atoms. The summed E-state index contributed by atoms with van der Waals surface area (Å²) in [5.41, 5.74) is 5.33. The molecule has 3 nitrogen and oxygen atoms in total. The molecule has 3 heteroatoms. The normalized spacial score (nSPS) is 11.5. The molecule has 0 spiro atoms. The van der Waals surface area contributed by atoms with Crippen LogP contribution in [0.2, 0.25) is 0 Å². The molecule has 0 aliphatic rings. The summed E-state index contributed by atoms with van der Waals surface area (Å²) in [5, 5.41) is 5.75. The summed E-state index contributed by atoms with van der Waals surface area (Å²) in [4.78, 5) is 8.35. The molecule has 1 radical (unpaired) electrons. The fraction of sp³-hybridized carbons (Fsp3) is 0.111. The highest BCUT2D eigenvalue weighted by molar-refractivity contribution is 6.15. The lowest BCUT2D eigenvalue weighted by atomic mass is 10.1. The molecule has 0 aliphatic heterocycles. The van der Waals surface area contributed by atoms with Crippen LogP contribution < -0.4 is 5.32 Å². The summed E-state index contributed by atoms with van der Waals surface area (Å²) in [7, 11) is 0. The zero-order valence-electron chi connectivity index (χ0n) is 11.9. The van der Waals surface area contributed by atoms with Gasteiger partial charge in [-0.1, -0.05) is 43.3 Å². The van der Waals surface area contributed by atoms with Crippen molar-refractivity contribution in [3.63, 3.8) is 0 Å². The fourth-order valence-corrected chi connectivity index (χ4v) is 2.82. The van der Waals surface area contributed by atoms with Crippen molar-refractivity contribution in [2.75, 3.05) is 5.32 Å². The van der Waals surface area contributed by atoms with Crippen LogP contribution in [0.4, 0.5) is 5.69 Å². The Labute approximate surface area is 123 Å². The molecule has 2 N–H and O–H groups in total. The molecule has 2 heterocycles. The molecule has 0 fully saturated rings. The van der Waals surface area contributed by atoms with Crippen LogP contribution in [0.5, 0.6) is 0 Å². The number of anilines is 1. The van der Waals surface area contributed by atoms with Gasteiger partial charge >= 0.3 is 0 Å². The largest absolute Gasteiger partial charge is 0.378 e. The Bertz CT molecular complexity index is 937. The van der Waals surface area contributed by atoms with Gasteiger partial charge in [-0.15, -0.1) is 0 Å². The maximum absolute atomic E-state index is 4.85. The number of aromatic amines is 1. The summed E-state index contributed by atoms with van der Waals surface area (Å²) < 4.78 is 0. The van der Waals surface area contributed by atoms with Gasteiger partial charge in [-0.3, -0.25) is 0 Å². The number of hydrogen-bond donors (Lipinski definition) is 2. The van der Waals surface area contributed by atoms with Crippen molar-refractivity contribution in [1.82, 2.24) is 9.97 Å². The highest BCUT2D eigenvalue weighted by Crippen LogP contribution is 2.34. The first kappa shape index (κ1) is 12.2. The molecule has 103 valence electrons. The first-order chi connectivity index (χ1) is 10.4. The van der Waals surface area contributed by atoms with Crippen molar-refractivity contribution in [3.8, 4) is 0 Å². The molecular formula is C18H16N3. The third kappa shape index (κ3) is 1.85. The van der Waals surface area contributed by atoms with Crippen LogP contribution in [0.3, 0.4) is 0 Å². The zero-order chi connectivity index (χ0) is 14.2. The molecule has 0 bridgehead atoms. The van der Waals surface area contributed by atoms with E-state index in [4.69, 9.17) is 4.98 Å². The van der Waals surface area contributed by atoms with Gasteiger partial charge < -0.3 is 10.3 Å². The highest BCUT2D eigenvalue weighted by atomic mass is 14.9. The van der Waals surface area contributed by atoms with E-state index in [1.54, 1.807) is 0 Å². The van der Waals surface area contributed by atoms with Crippen molar-refractivity contribution in [1.29, 1.82) is 0 Å². The molecule has 0 saturated heterocycles. The first-order valence-electron chi connectivity index (χ1n) is 7.26. The molecule has 0 aliphatic carbocycles. The number of pyridine rings is 1. The fourth-order valence-electron chi connectivity index (χ4n) is 2.82. The number of nitrogens with zero attached hydrogens (tertiary/aromatic N) is 1. The zero-order valence-corrected chi connectivity index (χ0v) is 11.9. The van der Waals surface area contributed by atoms with Crippen LogP contribution >= 0.6 is 0 Å². The average Bonchev–Trinajstić information content (AvgIpc) is 2.90. The SMILES string of the molecule is CC[CH]Nc1c2ccccc2nc2c1[nH]c1ccccc12. The lowest BCUT2D eigenvalue weighted by Gasteiger charge is -2.09. The number of para-hydroxylation sites is 2. The lowest BCUT2D eigenvalue weighted by Crippen LogP contribution is -1.96. The Morgan fingerprint density at radius 2 is 1.81 bits per heavy atom. The van der Waals surface area contributed by atoms with Gasteiger partial charge in [-0.2, -0.15) is 0 Å². The lowest BCUT2D eigenvalue weighted by molar-refractivity contribution is 1.10. The van der Waals surface area contributed by atoms with E-state index in [0.29, 0.717) is 0 Å². The Kier molecular flexibility index (Phi) is 2.78. The van der Waals surface area contributed by atoms with E-state index < -0.39 is 0 Å². The van der Waals surface area contributed by atoms with Crippen molar-refractivity contribution < 1.29 is 0 Å². The van der Waals surface area contributed by atoms with E-state index in [9.17, 15) is 0 Å². The minimum absolute atomic E-state index is 0.971. The van der Waals surface area contributed by atoms with Crippen molar-refractivity contribution >= 4 is 38.5 Å². The smallest absolute Gasteiger partial charge is 0.0986 e. The average molecular weight is 274 g/mol. The second-order valence-corrected chi connectivity index (χ2v) is 5.15. The monoisotopic (exact) mass is 274 g/mol. The van der Waals surface area contributed by atoms with Crippen LogP contribution in [-0.4, -0.2) is 9.97 Å². The van der Waals surface area contributed by atoms with E-state index in [1.165, 1.54) is 0 Å². The number of aromatic nitrogens is 2. The first-order valence-corrected chi connectivity index (χ1v) is 7.26. The van der Waals surface area contributed by atoms with Gasteiger partial charge in [-0.05, 0) is 18.6 Å². The summed E-state index contributed by atoms with van der Waals surface area (Å²) in [6.07, 6.45) is 0.971. The number of fused-ring (bicyclic) bond motifs is 4. The van der Waals surface area contributed by atoms with Gasteiger partial charge in [-0.25, -0.2) is 4.98 Å². The van der Waals surface area contributed by atoms with E-state index in [1.807, 2.05) is 12.1 Å². The van der Waals surface area contributed by atoms with Gasteiger partial charge in [0.15, 0.2) is 0 Å². The molecule has 0 atom stereocenters. The number of benzene rings is 2. The van der Waals surface area contributed by atoms with Crippen LogP contribution in [0.25, 0.3) is 32.8 Å². The molecule has 0 amide bonds. The number of rotatable bonds is 3. The Hall–Kier alpha value is -2.55. The summed E-state index contributed by atoms with van der Waals surface area (Å²) in [6, 6.07) is 16.6. The van der Waals surface area contributed by atoms with E-state index in [-0.39, 0.29) is 0 Å². The second-order valence-electron chi connectivity index (χ2n) is 5.15. The van der Waals surface area contributed by atoms with Gasteiger partial charge in [0, 0.05) is 22.8 Å². The van der Waals surface area contributed by atoms with Crippen LogP contribution in [0, 0.1) is 6.54 Å². The summed E-state index contributed by atoms with van der Waals surface area (Å²) in [6.45, 7) is 4.20. The summed E-state index contributed by atoms with van der Waals surface area (Å²) >= 11 is 0.